The van der Waals surface area contributed by atoms with Gasteiger partial charge in [-0.15, -0.1) is 0 Å². The van der Waals surface area contributed by atoms with Crippen LogP contribution in [-0.2, 0) is 13.0 Å². The minimum atomic E-state index is 0.762. The van der Waals surface area contributed by atoms with E-state index in [0.29, 0.717) is 0 Å². The van der Waals surface area contributed by atoms with Crippen LogP contribution in [0.5, 0.6) is 0 Å². The first-order valence-corrected chi connectivity index (χ1v) is 12.1. The first-order chi connectivity index (χ1) is 16.4. The fourth-order valence-electron chi connectivity index (χ4n) is 3.48. The van der Waals surface area contributed by atoms with Crippen molar-refractivity contribution in [2.24, 2.45) is 5.73 Å². The maximum Gasteiger partial charge on any atom is 0.137 e. The van der Waals surface area contributed by atoms with E-state index in [0.717, 1.165) is 54.5 Å². The van der Waals surface area contributed by atoms with Gasteiger partial charge in [0.15, 0.2) is 0 Å². The molecule has 6 heteroatoms. The van der Waals surface area contributed by atoms with Gasteiger partial charge in [-0.05, 0) is 70.2 Å². The van der Waals surface area contributed by atoms with Gasteiger partial charge in [0.2, 0.25) is 0 Å². The molecular formula is C28H40N6. The van der Waals surface area contributed by atoms with Crippen molar-refractivity contribution >= 4 is 5.65 Å². The first kappa shape index (κ1) is 27.2. The molecule has 0 saturated heterocycles. The normalized spacial score (nSPS) is 10.5. The summed E-state index contributed by atoms with van der Waals surface area (Å²) in [4.78, 5) is 16.1. The number of imidazole rings is 1. The number of fused-ring (bicyclic) bond motifs is 1. The molecule has 0 saturated carbocycles. The van der Waals surface area contributed by atoms with Gasteiger partial charge in [-0.3, -0.25) is 4.40 Å². The van der Waals surface area contributed by atoms with Gasteiger partial charge in [-0.25, -0.2) is 15.0 Å². The highest BCUT2D eigenvalue weighted by molar-refractivity contribution is 5.65. The molecule has 0 atom stereocenters. The van der Waals surface area contributed by atoms with Crippen LogP contribution in [-0.4, -0.2) is 44.9 Å². The lowest BCUT2D eigenvalue weighted by Gasteiger charge is -2.10. The van der Waals surface area contributed by atoms with Crippen molar-refractivity contribution in [1.29, 1.82) is 0 Å². The van der Waals surface area contributed by atoms with Crippen molar-refractivity contribution in [2.45, 2.75) is 54.0 Å². The Morgan fingerprint density at radius 2 is 1.62 bits per heavy atom. The van der Waals surface area contributed by atoms with Crippen LogP contribution in [0.3, 0.4) is 0 Å². The van der Waals surface area contributed by atoms with E-state index in [1.54, 1.807) is 0 Å². The number of nitrogens with two attached hydrogens (primary N) is 1. The third kappa shape index (κ3) is 7.47. The van der Waals surface area contributed by atoms with Gasteiger partial charge in [0.1, 0.15) is 11.5 Å². The van der Waals surface area contributed by atoms with Crippen LogP contribution in [0.25, 0.3) is 17.0 Å². The Bertz CT molecular complexity index is 1140. The molecule has 4 aromatic rings. The molecule has 0 amide bonds. The Balaban J connectivity index is 0.000000618. The first-order valence-electron chi connectivity index (χ1n) is 12.1. The largest absolute Gasteiger partial charge is 0.330 e. The summed E-state index contributed by atoms with van der Waals surface area (Å²) >= 11 is 0. The molecule has 3 heterocycles. The highest BCUT2D eigenvalue weighted by atomic mass is 15.1. The van der Waals surface area contributed by atoms with Gasteiger partial charge < -0.3 is 10.6 Å². The molecule has 0 aliphatic rings. The average Bonchev–Trinajstić information content (AvgIpc) is 3.18. The van der Waals surface area contributed by atoms with Gasteiger partial charge >= 0.3 is 0 Å². The van der Waals surface area contributed by atoms with Gasteiger partial charge in [0.25, 0.3) is 0 Å². The highest BCUT2D eigenvalue weighted by Gasteiger charge is 2.16. The number of hydrogen-bond donors (Lipinski definition) is 1. The number of aryl methyl sites for hydroxylation is 2. The average molecular weight is 461 g/mol. The fraction of sp³-hybridized carbons (Fsp3) is 0.393. The summed E-state index contributed by atoms with van der Waals surface area (Å²) in [6.07, 6.45) is 5.78. The van der Waals surface area contributed by atoms with E-state index in [1.807, 2.05) is 33.0 Å². The molecule has 182 valence electrons. The molecule has 0 aliphatic carbocycles. The summed E-state index contributed by atoms with van der Waals surface area (Å²) in [5.74, 6) is 0.762. The predicted molar refractivity (Wildman–Crippen MR) is 143 cm³/mol. The number of nitrogens with zero attached hydrogens (tertiary/aromatic N) is 5. The molecule has 0 spiro atoms. The quantitative estimate of drug-likeness (QED) is 0.415. The second-order valence-electron chi connectivity index (χ2n) is 8.35. The zero-order valence-electron chi connectivity index (χ0n) is 21.8. The number of hydrogen-bond acceptors (Lipinski definition) is 5. The van der Waals surface area contributed by atoms with E-state index in [9.17, 15) is 0 Å². The third-order valence-corrected chi connectivity index (χ3v) is 5.06. The summed E-state index contributed by atoms with van der Waals surface area (Å²) in [5, 5.41) is 0. The van der Waals surface area contributed by atoms with Crippen molar-refractivity contribution in [3.8, 4) is 11.4 Å². The Hall–Kier alpha value is -3.09. The predicted octanol–water partition coefficient (Wildman–Crippen LogP) is 5.44. The standard InChI is InChI=1S/C23H25N5.C3H9N.C2H6/c1-16-5-7-18(8-6-16)13-21-23(20-9-11-24-17(2)25-20)28-12-10-19(15-27(3)4)14-22(28)26-21;1-2-3-4;1-2/h5-12,14H,13,15H2,1-4H3;2-4H2,1H3;1-2H3. The van der Waals surface area contributed by atoms with Crippen molar-refractivity contribution in [3.05, 3.63) is 83.1 Å². The van der Waals surface area contributed by atoms with Crippen LogP contribution in [0.15, 0.2) is 54.9 Å². The monoisotopic (exact) mass is 460 g/mol. The molecule has 4 rings (SSSR count). The van der Waals surface area contributed by atoms with Gasteiger partial charge in [0.05, 0.1) is 17.1 Å². The summed E-state index contributed by atoms with van der Waals surface area (Å²) in [5.41, 5.74) is 12.7. The van der Waals surface area contributed by atoms with Crippen LogP contribution in [0.2, 0.25) is 0 Å². The Morgan fingerprint density at radius 1 is 0.941 bits per heavy atom. The van der Waals surface area contributed by atoms with Crippen LogP contribution >= 0.6 is 0 Å². The lowest BCUT2D eigenvalue weighted by molar-refractivity contribution is 0.402. The number of pyridine rings is 1. The van der Waals surface area contributed by atoms with E-state index in [-0.39, 0.29) is 0 Å². The molecule has 0 aliphatic heterocycles. The number of benzene rings is 1. The lowest BCUT2D eigenvalue weighted by Crippen LogP contribution is -2.10. The van der Waals surface area contributed by atoms with Gasteiger partial charge in [-0.2, -0.15) is 0 Å². The minimum Gasteiger partial charge on any atom is -0.330 e. The molecule has 3 aromatic heterocycles. The summed E-state index contributed by atoms with van der Waals surface area (Å²) < 4.78 is 2.14. The number of rotatable bonds is 6. The van der Waals surface area contributed by atoms with E-state index in [4.69, 9.17) is 10.7 Å². The lowest BCUT2D eigenvalue weighted by atomic mass is 10.1. The summed E-state index contributed by atoms with van der Waals surface area (Å²) in [6, 6.07) is 14.9. The zero-order chi connectivity index (χ0) is 25.1. The molecule has 0 unspecified atom stereocenters. The molecule has 2 N–H and O–H groups in total. The van der Waals surface area contributed by atoms with Crippen LogP contribution in [0, 0.1) is 13.8 Å². The Morgan fingerprint density at radius 3 is 2.21 bits per heavy atom. The molecule has 6 nitrogen and oxygen atoms in total. The fourth-order valence-corrected chi connectivity index (χ4v) is 3.48. The maximum absolute atomic E-state index is 5.03. The van der Waals surface area contributed by atoms with Gasteiger partial charge in [-0.1, -0.05) is 50.6 Å². The second-order valence-corrected chi connectivity index (χ2v) is 8.35. The zero-order valence-corrected chi connectivity index (χ0v) is 21.8. The third-order valence-electron chi connectivity index (χ3n) is 5.06. The SMILES string of the molecule is CC.CCCN.Cc1ccc(Cc2nc3cc(CN(C)C)ccn3c2-c2ccnc(C)n2)cc1. The topological polar surface area (TPSA) is 72.3 Å². The molecule has 0 radical (unpaired) electrons. The molecule has 34 heavy (non-hydrogen) atoms. The van der Waals surface area contributed by atoms with Crippen LogP contribution < -0.4 is 5.73 Å². The van der Waals surface area contributed by atoms with Crippen LogP contribution in [0.1, 0.15) is 55.4 Å². The molecular weight excluding hydrogens is 420 g/mol. The highest BCUT2D eigenvalue weighted by Crippen LogP contribution is 2.26. The Kier molecular flexibility index (Phi) is 10.8. The second kappa shape index (κ2) is 13.6. The van der Waals surface area contributed by atoms with Crippen molar-refractivity contribution in [1.82, 2.24) is 24.3 Å². The van der Waals surface area contributed by atoms with Crippen molar-refractivity contribution in [3.63, 3.8) is 0 Å². The smallest absolute Gasteiger partial charge is 0.137 e. The van der Waals surface area contributed by atoms with E-state index < -0.39 is 0 Å². The molecule has 0 fully saturated rings. The summed E-state index contributed by atoms with van der Waals surface area (Å²) in [6.45, 7) is 11.8. The van der Waals surface area contributed by atoms with E-state index in [1.165, 1.54) is 16.7 Å². The summed E-state index contributed by atoms with van der Waals surface area (Å²) in [7, 11) is 4.15. The minimum absolute atomic E-state index is 0.762. The molecule has 0 bridgehead atoms. The van der Waals surface area contributed by atoms with E-state index in [2.05, 4.69) is 89.8 Å². The Labute approximate surface area is 204 Å². The van der Waals surface area contributed by atoms with Gasteiger partial charge in [0, 0.05) is 25.4 Å². The van der Waals surface area contributed by atoms with Crippen molar-refractivity contribution in [2.75, 3.05) is 20.6 Å². The molecule has 1 aromatic carbocycles. The van der Waals surface area contributed by atoms with Crippen LogP contribution in [0.4, 0.5) is 0 Å². The maximum atomic E-state index is 5.03. The van der Waals surface area contributed by atoms with E-state index >= 15 is 0 Å². The number of aromatic nitrogens is 4. The van der Waals surface area contributed by atoms with Crippen molar-refractivity contribution < 1.29 is 0 Å².